The maximum absolute atomic E-state index is 6.16. The second-order valence-electron chi connectivity index (χ2n) is 4.59. The van der Waals surface area contributed by atoms with E-state index in [1.54, 1.807) is 0 Å². The predicted molar refractivity (Wildman–Crippen MR) is 69.3 cm³/mol. The molecule has 2 N–H and O–H groups in total. The molecule has 0 aromatic carbocycles. The van der Waals surface area contributed by atoms with Crippen LogP contribution in [0.2, 0.25) is 0 Å². The first-order valence-electron chi connectivity index (χ1n) is 5.97. The van der Waals surface area contributed by atoms with Crippen molar-refractivity contribution in [1.29, 1.82) is 0 Å². The van der Waals surface area contributed by atoms with Gasteiger partial charge in [-0.05, 0) is 30.9 Å². The van der Waals surface area contributed by atoms with E-state index in [9.17, 15) is 0 Å². The molecular weight excluding hydrogens is 202 g/mol. The van der Waals surface area contributed by atoms with Crippen molar-refractivity contribution in [2.24, 2.45) is 11.7 Å². The summed E-state index contributed by atoms with van der Waals surface area (Å²) in [6, 6.07) is 4.67. The Morgan fingerprint density at radius 2 is 2.00 bits per heavy atom. The smallest absolute Gasteiger partial charge is 0.0389 e. The Bertz CT molecular complexity index is 278. The third-order valence-electron chi connectivity index (χ3n) is 2.69. The SMILES string of the molecule is CCc1ccc(C(N)CCCC(C)C)s1. The summed E-state index contributed by atoms with van der Waals surface area (Å²) in [5.41, 5.74) is 6.16. The fourth-order valence-electron chi connectivity index (χ4n) is 1.67. The summed E-state index contributed by atoms with van der Waals surface area (Å²) in [6.07, 6.45) is 4.79. The molecule has 1 atom stereocenters. The summed E-state index contributed by atoms with van der Waals surface area (Å²) in [5.74, 6) is 0.798. The van der Waals surface area contributed by atoms with E-state index >= 15 is 0 Å². The predicted octanol–water partition coefficient (Wildman–Crippen LogP) is 4.14. The van der Waals surface area contributed by atoms with Gasteiger partial charge in [0.25, 0.3) is 0 Å². The molecule has 86 valence electrons. The van der Waals surface area contributed by atoms with E-state index in [0.717, 1.165) is 18.8 Å². The number of thiophene rings is 1. The van der Waals surface area contributed by atoms with Gasteiger partial charge in [-0.15, -0.1) is 11.3 Å². The van der Waals surface area contributed by atoms with Gasteiger partial charge in [0.2, 0.25) is 0 Å². The zero-order valence-corrected chi connectivity index (χ0v) is 10.9. The van der Waals surface area contributed by atoms with Gasteiger partial charge in [0, 0.05) is 15.8 Å². The number of rotatable bonds is 6. The van der Waals surface area contributed by atoms with E-state index < -0.39 is 0 Å². The van der Waals surface area contributed by atoms with Crippen LogP contribution < -0.4 is 5.73 Å². The highest BCUT2D eigenvalue weighted by molar-refractivity contribution is 7.12. The Hall–Kier alpha value is -0.340. The maximum atomic E-state index is 6.16. The molecule has 1 heterocycles. The highest BCUT2D eigenvalue weighted by Crippen LogP contribution is 2.25. The standard InChI is InChI=1S/C13H23NS/c1-4-11-8-9-13(15-11)12(14)7-5-6-10(2)3/h8-10,12H,4-7,14H2,1-3H3. The molecule has 0 aliphatic carbocycles. The highest BCUT2D eigenvalue weighted by atomic mass is 32.1. The summed E-state index contributed by atoms with van der Waals surface area (Å²) >= 11 is 1.87. The van der Waals surface area contributed by atoms with E-state index in [1.807, 2.05) is 11.3 Å². The lowest BCUT2D eigenvalue weighted by Crippen LogP contribution is -2.08. The number of hydrogen-bond acceptors (Lipinski definition) is 2. The molecule has 1 rings (SSSR count). The van der Waals surface area contributed by atoms with Gasteiger partial charge in [0.1, 0.15) is 0 Å². The Labute approximate surface area is 97.7 Å². The molecule has 0 saturated carbocycles. The molecule has 0 amide bonds. The van der Waals surface area contributed by atoms with Crippen LogP contribution in [-0.4, -0.2) is 0 Å². The molecular formula is C13H23NS. The largest absolute Gasteiger partial charge is 0.323 e. The molecule has 15 heavy (non-hydrogen) atoms. The van der Waals surface area contributed by atoms with Crippen molar-refractivity contribution < 1.29 is 0 Å². The minimum absolute atomic E-state index is 0.258. The summed E-state index contributed by atoms with van der Waals surface area (Å²) in [5, 5.41) is 0. The van der Waals surface area contributed by atoms with Crippen molar-refractivity contribution in [2.45, 2.75) is 52.5 Å². The van der Waals surface area contributed by atoms with Crippen molar-refractivity contribution in [3.63, 3.8) is 0 Å². The van der Waals surface area contributed by atoms with E-state index in [2.05, 4.69) is 32.9 Å². The molecule has 0 fully saturated rings. The minimum atomic E-state index is 0.258. The van der Waals surface area contributed by atoms with Gasteiger partial charge in [-0.1, -0.05) is 33.6 Å². The molecule has 0 aliphatic heterocycles. The molecule has 0 saturated heterocycles. The van der Waals surface area contributed by atoms with Gasteiger partial charge in [-0.2, -0.15) is 0 Å². The molecule has 0 bridgehead atoms. The number of hydrogen-bond donors (Lipinski definition) is 1. The van der Waals surface area contributed by atoms with Crippen LogP contribution in [0.1, 0.15) is 55.8 Å². The Balaban J connectivity index is 2.36. The molecule has 0 spiro atoms. The zero-order valence-electron chi connectivity index (χ0n) is 10.1. The van der Waals surface area contributed by atoms with E-state index in [-0.39, 0.29) is 6.04 Å². The number of nitrogens with two attached hydrogens (primary N) is 1. The van der Waals surface area contributed by atoms with E-state index in [4.69, 9.17) is 5.73 Å². The second-order valence-corrected chi connectivity index (χ2v) is 5.79. The molecule has 0 aliphatic rings. The van der Waals surface area contributed by atoms with Crippen molar-refractivity contribution >= 4 is 11.3 Å². The van der Waals surface area contributed by atoms with Crippen LogP contribution in [0.4, 0.5) is 0 Å². The van der Waals surface area contributed by atoms with E-state index in [1.165, 1.54) is 22.6 Å². The maximum Gasteiger partial charge on any atom is 0.0389 e. The normalized spacial score (nSPS) is 13.4. The molecule has 0 radical (unpaired) electrons. The van der Waals surface area contributed by atoms with Gasteiger partial charge in [0.15, 0.2) is 0 Å². The lowest BCUT2D eigenvalue weighted by molar-refractivity contribution is 0.508. The first-order chi connectivity index (χ1) is 7.13. The van der Waals surface area contributed by atoms with Crippen LogP contribution in [-0.2, 0) is 6.42 Å². The molecule has 2 heteroatoms. The minimum Gasteiger partial charge on any atom is -0.323 e. The Kier molecular flexibility index (Phi) is 5.34. The lowest BCUT2D eigenvalue weighted by atomic mass is 10.0. The van der Waals surface area contributed by atoms with Crippen LogP contribution in [0.5, 0.6) is 0 Å². The monoisotopic (exact) mass is 225 g/mol. The highest BCUT2D eigenvalue weighted by Gasteiger charge is 2.08. The van der Waals surface area contributed by atoms with Gasteiger partial charge >= 0.3 is 0 Å². The fraction of sp³-hybridized carbons (Fsp3) is 0.692. The summed E-state index contributed by atoms with van der Waals surface area (Å²) in [4.78, 5) is 2.81. The van der Waals surface area contributed by atoms with Crippen molar-refractivity contribution in [1.82, 2.24) is 0 Å². The van der Waals surface area contributed by atoms with Crippen molar-refractivity contribution in [3.05, 3.63) is 21.9 Å². The van der Waals surface area contributed by atoms with Crippen molar-refractivity contribution in [2.75, 3.05) is 0 Å². The molecule has 1 aromatic rings. The quantitative estimate of drug-likeness (QED) is 0.773. The fourth-order valence-corrected chi connectivity index (χ4v) is 2.66. The third-order valence-corrected chi connectivity index (χ3v) is 4.05. The summed E-state index contributed by atoms with van der Waals surface area (Å²) in [6.45, 7) is 6.73. The van der Waals surface area contributed by atoms with Gasteiger partial charge in [-0.3, -0.25) is 0 Å². The Morgan fingerprint density at radius 1 is 1.27 bits per heavy atom. The van der Waals surface area contributed by atoms with Crippen LogP contribution >= 0.6 is 11.3 Å². The third kappa shape index (κ3) is 4.35. The van der Waals surface area contributed by atoms with Gasteiger partial charge in [-0.25, -0.2) is 0 Å². The molecule has 1 unspecified atom stereocenters. The first-order valence-corrected chi connectivity index (χ1v) is 6.79. The summed E-state index contributed by atoms with van der Waals surface area (Å²) in [7, 11) is 0. The van der Waals surface area contributed by atoms with Crippen molar-refractivity contribution in [3.8, 4) is 0 Å². The van der Waals surface area contributed by atoms with E-state index in [0.29, 0.717) is 0 Å². The average Bonchev–Trinajstić information content (AvgIpc) is 2.65. The second kappa shape index (κ2) is 6.29. The number of aryl methyl sites for hydroxylation is 1. The summed E-state index contributed by atoms with van der Waals surface area (Å²) < 4.78 is 0. The van der Waals surface area contributed by atoms with Crippen LogP contribution in [0.3, 0.4) is 0 Å². The van der Waals surface area contributed by atoms with Gasteiger partial charge < -0.3 is 5.73 Å². The Morgan fingerprint density at radius 3 is 2.53 bits per heavy atom. The van der Waals surface area contributed by atoms with Gasteiger partial charge in [0.05, 0.1) is 0 Å². The zero-order chi connectivity index (χ0) is 11.3. The van der Waals surface area contributed by atoms with Crippen LogP contribution in [0, 0.1) is 5.92 Å². The van der Waals surface area contributed by atoms with Crippen LogP contribution in [0.25, 0.3) is 0 Å². The first kappa shape index (κ1) is 12.7. The van der Waals surface area contributed by atoms with Crippen LogP contribution in [0.15, 0.2) is 12.1 Å². The molecule has 1 nitrogen and oxygen atoms in total. The lowest BCUT2D eigenvalue weighted by Gasteiger charge is -2.10. The molecule has 1 aromatic heterocycles. The average molecular weight is 225 g/mol. The topological polar surface area (TPSA) is 26.0 Å².